The molecular formula is C14H17N3O2S. The lowest BCUT2D eigenvalue weighted by atomic mass is 10.2. The average Bonchev–Trinajstić information content (AvgIpc) is 2.76. The lowest BCUT2D eigenvalue weighted by Crippen LogP contribution is -2.28. The van der Waals surface area contributed by atoms with Crippen LogP contribution in [0.1, 0.15) is 45.3 Å². The summed E-state index contributed by atoms with van der Waals surface area (Å²) in [7, 11) is 0. The molecule has 0 radical (unpaired) electrons. The van der Waals surface area contributed by atoms with E-state index in [0.717, 1.165) is 22.0 Å². The summed E-state index contributed by atoms with van der Waals surface area (Å²) in [6.45, 7) is 5.99. The first-order valence-electron chi connectivity index (χ1n) is 6.44. The molecule has 0 bridgehead atoms. The summed E-state index contributed by atoms with van der Waals surface area (Å²) in [6, 6.07) is 2.75. The minimum absolute atomic E-state index is 0.105. The number of nitrogens with zero attached hydrogens (tertiary/aromatic N) is 1. The maximum Gasteiger partial charge on any atom is 0.253 e. The zero-order chi connectivity index (χ0) is 14.7. The molecule has 0 aliphatic rings. The van der Waals surface area contributed by atoms with Crippen LogP contribution in [0.5, 0.6) is 0 Å². The van der Waals surface area contributed by atoms with Gasteiger partial charge in [0.15, 0.2) is 0 Å². The first-order valence-corrected chi connectivity index (χ1v) is 7.26. The molecular weight excluding hydrogens is 274 g/mol. The minimum atomic E-state index is -0.222. The van der Waals surface area contributed by atoms with E-state index in [4.69, 9.17) is 0 Å². The van der Waals surface area contributed by atoms with Crippen molar-refractivity contribution in [2.75, 3.05) is 0 Å². The van der Waals surface area contributed by atoms with Crippen LogP contribution in [0.2, 0.25) is 0 Å². The van der Waals surface area contributed by atoms with Crippen molar-refractivity contribution in [2.45, 2.75) is 33.2 Å². The maximum atomic E-state index is 12.1. The third-order valence-corrected chi connectivity index (χ3v) is 4.29. The molecule has 2 N–H and O–H groups in total. The van der Waals surface area contributed by atoms with E-state index in [0.29, 0.717) is 5.56 Å². The van der Waals surface area contributed by atoms with Gasteiger partial charge in [0.25, 0.3) is 5.91 Å². The molecule has 0 saturated heterocycles. The van der Waals surface area contributed by atoms with Crippen LogP contribution in [0.25, 0.3) is 0 Å². The van der Waals surface area contributed by atoms with Gasteiger partial charge < -0.3 is 10.3 Å². The van der Waals surface area contributed by atoms with Crippen LogP contribution in [0, 0.1) is 13.8 Å². The highest BCUT2D eigenvalue weighted by atomic mass is 32.1. The Balaban J connectivity index is 2.15. The van der Waals surface area contributed by atoms with E-state index in [1.807, 2.05) is 20.8 Å². The number of nitrogens with one attached hydrogen (secondary N) is 2. The molecule has 0 spiro atoms. The van der Waals surface area contributed by atoms with E-state index in [-0.39, 0.29) is 17.5 Å². The zero-order valence-corrected chi connectivity index (χ0v) is 12.5. The summed E-state index contributed by atoms with van der Waals surface area (Å²) in [6.07, 6.45) is 2.18. The largest absolute Gasteiger partial charge is 0.343 e. The van der Waals surface area contributed by atoms with E-state index in [9.17, 15) is 9.59 Å². The van der Waals surface area contributed by atoms with E-state index in [2.05, 4.69) is 15.3 Å². The smallest absolute Gasteiger partial charge is 0.253 e. The van der Waals surface area contributed by atoms with Crippen LogP contribution in [0.15, 0.2) is 23.1 Å². The summed E-state index contributed by atoms with van der Waals surface area (Å²) in [5, 5.41) is 3.86. The van der Waals surface area contributed by atoms with Gasteiger partial charge in [-0.15, -0.1) is 11.3 Å². The molecule has 0 aromatic carbocycles. The van der Waals surface area contributed by atoms with Gasteiger partial charge in [0.2, 0.25) is 5.56 Å². The summed E-state index contributed by atoms with van der Waals surface area (Å²) in [4.78, 5) is 31.3. The van der Waals surface area contributed by atoms with Gasteiger partial charge in [0.1, 0.15) is 5.01 Å². The number of aromatic nitrogens is 2. The van der Waals surface area contributed by atoms with Gasteiger partial charge in [0, 0.05) is 17.1 Å². The molecule has 2 heterocycles. The van der Waals surface area contributed by atoms with Gasteiger partial charge in [-0.2, -0.15) is 0 Å². The monoisotopic (exact) mass is 291 g/mol. The number of H-pyrrole nitrogens is 1. The summed E-state index contributed by atoms with van der Waals surface area (Å²) in [5.74, 6) is -0.210. The fourth-order valence-electron chi connectivity index (χ4n) is 1.78. The minimum Gasteiger partial charge on any atom is -0.343 e. The normalized spacial score (nSPS) is 12.2. The Morgan fingerprint density at radius 3 is 2.70 bits per heavy atom. The summed E-state index contributed by atoms with van der Waals surface area (Å²) >= 11 is 1.60. The number of hydrogen-bond acceptors (Lipinski definition) is 4. The third-order valence-electron chi connectivity index (χ3n) is 3.10. The Morgan fingerprint density at radius 1 is 1.45 bits per heavy atom. The van der Waals surface area contributed by atoms with Crippen molar-refractivity contribution in [3.8, 4) is 0 Å². The SMILES string of the molecule is CC[C@@H](NC(=O)c1ccc(=O)[nH]c1)c1nc(C)c(C)s1. The van der Waals surface area contributed by atoms with Crippen molar-refractivity contribution < 1.29 is 4.79 Å². The molecule has 1 amide bonds. The first kappa shape index (κ1) is 14.5. The van der Waals surface area contributed by atoms with E-state index in [1.54, 1.807) is 11.3 Å². The molecule has 1 atom stereocenters. The molecule has 0 saturated carbocycles. The Hall–Kier alpha value is -1.95. The third kappa shape index (κ3) is 3.14. The number of aryl methyl sites for hydroxylation is 2. The predicted molar refractivity (Wildman–Crippen MR) is 79.1 cm³/mol. The number of carbonyl (C=O) groups excluding carboxylic acids is 1. The average molecular weight is 291 g/mol. The number of aromatic amines is 1. The fraction of sp³-hybridized carbons (Fsp3) is 0.357. The van der Waals surface area contributed by atoms with Crippen LogP contribution in [-0.2, 0) is 0 Å². The lowest BCUT2D eigenvalue weighted by Gasteiger charge is -2.14. The molecule has 5 nitrogen and oxygen atoms in total. The zero-order valence-electron chi connectivity index (χ0n) is 11.7. The van der Waals surface area contributed by atoms with Gasteiger partial charge in [-0.05, 0) is 26.3 Å². The number of thiazole rings is 1. The maximum absolute atomic E-state index is 12.1. The second-order valence-corrected chi connectivity index (χ2v) is 5.80. The number of pyridine rings is 1. The molecule has 2 rings (SSSR count). The highest BCUT2D eigenvalue weighted by molar-refractivity contribution is 7.11. The first-order chi connectivity index (χ1) is 9.51. The number of rotatable bonds is 4. The standard InChI is InChI=1S/C14H17N3O2S/c1-4-11(14-16-8(2)9(3)20-14)17-13(19)10-5-6-12(18)15-7-10/h5-7,11H,4H2,1-3H3,(H,15,18)(H,17,19)/t11-/m1/s1. The number of hydrogen-bond donors (Lipinski definition) is 2. The van der Waals surface area contributed by atoms with Gasteiger partial charge >= 0.3 is 0 Å². The Morgan fingerprint density at radius 2 is 2.20 bits per heavy atom. The van der Waals surface area contributed by atoms with E-state index in [1.165, 1.54) is 18.3 Å². The molecule has 6 heteroatoms. The topological polar surface area (TPSA) is 74.8 Å². The predicted octanol–water partition coefficient (Wildman–Crippen LogP) is 2.33. The molecule has 0 aliphatic heterocycles. The van der Waals surface area contributed by atoms with Crippen molar-refractivity contribution >= 4 is 17.2 Å². The Bertz CT molecular complexity index is 635. The highest BCUT2D eigenvalue weighted by Crippen LogP contribution is 2.25. The van der Waals surface area contributed by atoms with Gasteiger partial charge in [0.05, 0.1) is 17.3 Å². The quantitative estimate of drug-likeness (QED) is 0.908. The fourth-order valence-corrected chi connectivity index (χ4v) is 2.84. The number of carbonyl (C=O) groups is 1. The van der Waals surface area contributed by atoms with Crippen molar-refractivity contribution in [1.82, 2.24) is 15.3 Å². The molecule has 0 aliphatic carbocycles. The van der Waals surface area contributed by atoms with Gasteiger partial charge in [-0.1, -0.05) is 6.92 Å². The summed E-state index contributed by atoms with van der Waals surface area (Å²) < 4.78 is 0. The molecule has 0 unspecified atom stereocenters. The molecule has 2 aromatic rings. The van der Waals surface area contributed by atoms with Crippen LogP contribution >= 0.6 is 11.3 Å². The lowest BCUT2D eigenvalue weighted by molar-refractivity contribution is 0.0935. The van der Waals surface area contributed by atoms with Crippen molar-refractivity contribution in [3.63, 3.8) is 0 Å². The van der Waals surface area contributed by atoms with Crippen molar-refractivity contribution in [3.05, 3.63) is 49.8 Å². The van der Waals surface area contributed by atoms with Crippen molar-refractivity contribution in [2.24, 2.45) is 0 Å². The van der Waals surface area contributed by atoms with Crippen LogP contribution < -0.4 is 10.9 Å². The molecule has 0 fully saturated rings. The molecule has 106 valence electrons. The Labute approximate surface area is 121 Å². The van der Waals surface area contributed by atoms with Gasteiger partial charge in [-0.25, -0.2) is 4.98 Å². The van der Waals surface area contributed by atoms with Gasteiger partial charge in [-0.3, -0.25) is 9.59 Å². The van der Waals surface area contributed by atoms with Crippen LogP contribution in [0.4, 0.5) is 0 Å². The molecule has 20 heavy (non-hydrogen) atoms. The second-order valence-electron chi connectivity index (χ2n) is 4.57. The molecule has 2 aromatic heterocycles. The Kier molecular flexibility index (Phi) is 4.34. The highest BCUT2D eigenvalue weighted by Gasteiger charge is 2.18. The van der Waals surface area contributed by atoms with Crippen LogP contribution in [-0.4, -0.2) is 15.9 Å². The van der Waals surface area contributed by atoms with E-state index < -0.39 is 0 Å². The second kappa shape index (κ2) is 6.00. The van der Waals surface area contributed by atoms with E-state index >= 15 is 0 Å². The number of amides is 1. The summed E-state index contributed by atoms with van der Waals surface area (Å²) in [5.41, 5.74) is 1.22. The van der Waals surface area contributed by atoms with Crippen LogP contribution in [0.3, 0.4) is 0 Å². The van der Waals surface area contributed by atoms with Crippen molar-refractivity contribution in [1.29, 1.82) is 0 Å².